The molecule has 0 amide bonds. The number of ether oxygens (including phenoxy) is 2. The van der Waals surface area contributed by atoms with Crippen molar-refractivity contribution >= 4 is 32.7 Å². The van der Waals surface area contributed by atoms with Gasteiger partial charge >= 0.3 is 6.61 Å². The molecule has 30 heavy (non-hydrogen) atoms. The molecule has 0 radical (unpaired) electrons. The summed E-state index contributed by atoms with van der Waals surface area (Å²) in [5, 5.41) is 9.83. The summed E-state index contributed by atoms with van der Waals surface area (Å²) in [6, 6.07) is 4.72. The van der Waals surface area contributed by atoms with Crippen molar-refractivity contribution < 1.29 is 27.8 Å². The highest BCUT2D eigenvalue weighted by atomic mass is 32.1. The van der Waals surface area contributed by atoms with E-state index in [9.17, 15) is 18.3 Å². The summed E-state index contributed by atoms with van der Waals surface area (Å²) in [5.74, 6) is -1.20. The topological polar surface area (TPSA) is 90.2 Å². The van der Waals surface area contributed by atoms with Crippen molar-refractivity contribution in [2.45, 2.75) is 26.6 Å². The van der Waals surface area contributed by atoms with Gasteiger partial charge in [-0.15, -0.1) is 0 Å². The van der Waals surface area contributed by atoms with Gasteiger partial charge in [0.15, 0.2) is 5.82 Å². The van der Waals surface area contributed by atoms with Gasteiger partial charge in [0.25, 0.3) is 5.88 Å². The van der Waals surface area contributed by atoms with Gasteiger partial charge in [-0.2, -0.15) is 13.8 Å². The van der Waals surface area contributed by atoms with Gasteiger partial charge in [0.05, 0.1) is 23.3 Å². The van der Waals surface area contributed by atoms with E-state index >= 15 is 0 Å². The fourth-order valence-corrected chi connectivity index (χ4v) is 3.73. The first-order chi connectivity index (χ1) is 14.3. The number of rotatable bonds is 6. The number of benzene rings is 1. The molecule has 0 saturated heterocycles. The molecule has 0 fully saturated rings. The molecule has 0 aliphatic carbocycles. The second kappa shape index (κ2) is 8.00. The molecular weight excluding hydrogens is 421 g/mol. The smallest absolute Gasteiger partial charge is 0.388 e. The molecule has 11 heteroatoms. The van der Waals surface area contributed by atoms with Crippen LogP contribution in [0, 0.1) is 12.7 Å². The third kappa shape index (κ3) is 4.12. The quantitative estimate of drug-likeness (QED) is 0.486. The van der Waals surface area contributed by atoms with Crippen molar-refractivity contribution in [3.8, 4) is 22.3 Å². The Labute approximate surface area is 172 Å². The van der Waals surface area contributed by atoms with E-state index in [1.165, 1.54) is 24.3 Å². The lowest BCUT2D eigenvalue weighted by atomic mass is 10.1. The number of fused-ring (bicyclic) bond motifs is 2. The van der Waals surface area contributed by atoms with Crippen molar-refractivity contribution in [2.24, 2.45) is 0 Å². The molecule has 7 nitrogen and oxygen atoms in total. The maximum absolute atomic E-state index is 14.2. The number of aliphatic hydroxyl groups excluding tert-OH is 1. The summed E-state index contributed by atoms with van der Waals surface area (Å²) in [4.78, 5) is 17.3. The maximum atomic E-state index is 14.2. The lowest BCUT2D eigenvalue weighted by Gasteiger charge is -2.07. The summed E-state index contributed by atoms with van der Waals surface area (Å²) in [6.45, 7) is 0.236. The summed E-state index contributed by atoms with van der Waals surface area (Å²) >= 11 is 1.20. The molecular formula is C19H15F3N4O3S. The van der Waals surface area contributed by atoms with E-state index in [4.69, 9.17) is 4.74 Å². The van der Waals surface area contributed by atoms with Crippen LogP contribution in [0.5, 0.6) is 11.8 Å². The molecule has 4 aromatic rings. The first-order valence-electron chi connectivity index (χ1n) is 8.80. The predicted octanol–water partition coefficient (Wildman–Crippen LogP) is 4.11. The molecule has 3 aromatic heterocycles. The minimum atomic E-state index is -3.00. The molecule has 0 saturated carbocycles. The Balaban J connectivity index is 1.79. The summed E-state index contributed by atoms with van der Waals surface area (Å²) in [5.41, 5.74) is 2.54. The molecule has 0 unspecified atom stereocenters. The van der Waals surface area contributed by atoms with Crippen molar-refractivity contribution in [3.05, 3.63) is 35.8 Å². The monoisotopic (exact) mass is 436 g/mol. The van der Waals surface area contributed by atoms with E-state index in [1.54, 1.807) is 6.07 Å². The van der Waals surface area contributed by atoms with E-state index in [0.29, 0.717) is 32.0 Å². The van der Waals surface area contributed by atoms with Gasteiger partial charge in [-0.1, -0.05) is 11.3 Å². The van der Waals surface area contributed by atoms with E-state index in [0.717, 1.165) is 11.8 Å². The molecule has 1 aromatic carbocycles. The molecule has 156 valence electrons. The number of halogens is 3. The Kier molecular flexibility index (Phi) is 5.39. The normalized spacial score (nSPS) is 12.6. The van der Waals surface area contributed by atoms with Gasteiger partial charge in [0, 0.05) is 11.6 Å². The van der Waals surface area contributed by atoms with Crippen LogP contribution in [-0.4, -0.2) is 44.4 Å². The number of pyridine rings is 1. The Bertz CT molecular complexity index is 1230. The van der Waals surface area contributed by atoms with Gasteiger partial charge in [0.2, 0.25) is 5.88 Å². The Morgan fingerprint density at radius 3 is 2.67 bits per heavy atom. The van der Waals surface area contributed by atoms with Crippen LogP contribution in [-0.2, 0) is 0 Å². The molecule has 0 aliphatic rings. The van der Waals surface area contributed by atoms with Crippen LogP contribution >= 0.6 is 11.3 Å². The van der Waals surface area contributed by atoms with Crippen molar-refractivity contribution in [3.63, 3.8) is 0 Å². The molecule has 1 N–H and O–H groups in total. The molecule has 1 atom stereocenters. The minimum Gasteiger partial charge on any atom is -0.473 e. The van der Waals surface area contributed by atoms with Gasteiger partial charge in [-0.3, -0.25) is 0 Å². The predicted molar refractivity (Wildman–Crippen MR) is 104 cm³/mol. The molecule has 0 bridgehead atoms. The Morgan fingerprint density at radius 2 is 1.93 bits per heavy atom. The van der Waals surface area contributed by atoms with Crippen LogP contribution in [0.2, 0.25) is 0 Å². The number of hydrogen-bond acceptors (Lipinski definition) is 8. The van der Waals surface area contributed by atoms with E-state index in [1.807, 2.05) is 13.0 Å². The lowest BCUT2D eigenvalue weighted by molar-refractivity contribution is -0.0528. The van der Waals surface area contributed by atoms with Gasteiger partial charge < -0.3 is 14.6 Å². The number of nitrogens with zero attached hydrogens (tertiary/aromatic N) is 4. The average Bonchev–Trinajstić information content (AvgIpc) is 3.07. The van der Waals surface area contributed by atoms with Crippen molar-refractivity contribution in [1.82, 2.24) is 19.9 Å². The number of aryl methyl sites for hydroxylation is 1. The molecule has 3 heterocycles. The van der Waals surface area contributed by atoms with Crippen LogP contribution in [0.1, 0.15) is 12.5 Å². The zero-order valence-corrected chi connectivity index (χ0v) is 16.6. The number of hydrogen-bond donors (Lipinski definition) is 1. The van der Waals surface area contributed by atoms with Crippen molar-refractivity contribution in [2.75, 3.05) is 6.61 Å². The largest absolute Gasteiger partial charge is 0.473 e. The first-order valence-corrected chi connectivity index (χ1v) is 9.62. The van der Waals surface area contributed by atoms with Crippen LogP contribution < -0.4 is 9.47 Å². The highest BCUT2D eigenvalue weighted by molar-refractivity contribution is 7.21. The third-order valence-electron chi connectivity index (χ3n) is 3.98. The highest BCUT2D eigenvalue weighted by Gasteiger charge is 2.17. The summed E-state index contributed by atoms with van der Waals surface area (Å²) in [7, 11) is 0. The fourth-order valence-electron chi connectivity index (χ4n) is 2.80. The number of aromatic nitrogens is 4. The fraction of sp³-hybridized carbons (Fsp3) is 0.263. The van der Waals surface area contributed by atoms with Gasteiger partial charge in [0.1, 0.15) is 22.0 Å². The first kappa shape index (κ1) is 20.2. The number of thiazole rings is 1. The average molecular weight is 436 g/mol. The molecule has 0 spiro atoms. The maximum Gasteiger partial charge on any atom is 0.388 e. The Morgan fingerprint density at radius 1 is 1.13 bits per heavy atom. The minimum absolute atomic E-state index is 0.0950. The van der Waals surface area contributed by atoms with Crippen LogP contribution in [0.15, 0.2) is 24.4 Å². The van der Waals surface area contributed by atoms with E-state index in [-0.39, 0.29) is 18.4 Å². The zero-order chi connectivity index (χ0) is 21.4. The molecule has 0 aliphatic heterocycles. The summed E-state index contributed by atoms with van der Waals surface area (Å²) < 4.78 is 48.7. The highest BCUT2D eigenvalue weighted by Crippen LogP contribution is 2.35. The van der Waals surface area contributed by atoms with E-state index < -0.39 is 18.5 Å². The van der Waals surface area contributed by atoms with Crippen LogP contribution in [0.4, 0.5) is 13.2 Å². The van der Waals surface area contributed by atoms with Crippen molar-refractivity contribution in [1.29, 1.82) is 0 Å². The van der Waals surface area contributed by atoms with Crippen LogP contribution in [0.25, 0.3) is 32.0 Å². The second-order valence-corrected chi connectivity index (χ2v) is 7.52. The zero-order valence-electron chi connectivity index (χ0n) is 15.8. The third-order valence-corrected chi connectivity index (χ3v) is 4.97. The molecule has 4 rings (SSSR count). The number of alkyl halides is 2. The SMILES string of the molecule is Cc1cc(-c2nc3cc(F)c(OC[C@@H](C)O)nc3s2)c2ncc(OC(F)F)nc2c1. The summed E-state index contributed by atoms with van der Waals surface area (Å²) in [6.07, 6.45) is 0.343. The standard InChI is InChI=1S/C19H15F3N4O3S/c1-8-3-10(15-12(4-8)24-14(6-23-15)29-19(21)22)17-25-13-5-11(20)16(26-18(13)30-17)28-7-9(2)27/h3-6,9,19,27H,7H2,1-2H3/t9-/m1/s1. The second-order valence-electron chi connectivity index (χ2n) is 6.55. The Hall–Kier alpha value is -3.05. The van der Waals surface area contributed by atoms with E-state index in [2.05, 4.69) is 24.7 Å². The lowest BCUT2D eigenvalue weighted by Crippen LogP contribution is -2.14. The number of aliphatic hydroxyl groups is 1. The van der Waals surface area contributed by atoms with Crippen LogP contribution in [0.3, 0.4) is 0 Å². The van der Waals surface area contributed by atoms with Gasteiger partial charge in [-0.25, -0.2) is 19.3 Å². The van der Waals surface area contributed by atoms with Gasteiger partial charge in [-0.05, 0) is 31.5 Å².